The number of hydrogen-bond donors (Lipinski definition) is 3. The van der Waals surface area contributed by atoms with E-state index in [1.54, 1.807) is 11.8 Å². The number of fused-ring (bicyclic) bond motifs is 1. The molecule has 1 aromatic carbocycles. The number of aliphatic imine (C=N–C) groups is 1. The molecule has 0 fully saturated rings. The maximum Gasteiger partial charge on any atom is 0.182 e. The Morgan fingerprint density at radius 1 is 1.44 bits per heavy atom. The van der Waals surface area contributed by atoms with Gasteiger partial charge in [-0.1, -0.05) is 12.1 Å². The monoisotopic (exact) mass is 252 g/mol. The van der Waals surface area contributed by atoms with Crippen molar-refractivity contribution in [1.82, 2.24) is 10.9 Å². The van der Waals surface area contributed by atoms with Gasteiger partial charge in [0.2, 0.25) is 0 Å². The van der Waals surface area contributed by atoms with E-state index in [4.69, 9.17) is 18.0 Å². The van der Waals surface area contributed by atoms with Crippen molar-refractivity contribution < 1.29 is 0 Å². The molecule has 0 aromatic heterocycles. The third kappa shape index (κ3) is 2.86. The van der Waals surface area contributed by atoms with E-state index in [1.165, 1.54) is 4.90 Å². The molecule has 0 atom stereocenters. The van der Waals surface area contributed by atoms with Gasteiger partial charge in [0.25, 0.3) is 0 Å². The van der Waals surface area contributed by atoms with E-state index in [0.29, 0.717) is 0 Å². The molecule has 2 rings (SSSR count). The van der Waals surface area contributed by atoms with Crippen molar-refractivity contribution in [3.63, 3.8) is 0 Å². The van der Waals surface area contributed by atoms with Gasteiger partial charge in [-0.3, -0.25) is 10.9 Å². The van der Waals surface area contributed by atoms with E-state index in [-0.39, 0.29) is 5.11 Å². The van der Waals surface area contributed by atoms with Crippen LogP contribution in [0.5, 0.6) is 0 Å². The van der Waals surface area contributed by atoms with Crippen LogP contribution >= 0.6 is 24.0 Å². The van der Waals surface area contributed by atoms with E-state index in [1.807, 2.05) is 18.2 Å². The Kier molecular flexibility index (Phi) is 3.63. The van der Waals surface area contributed by atoms with E-state index >= 15 is 0 Å². The number of nitrogens with one attached hydrogen (secondary N) is 2. The number of hydrazine groups is 1. The summed E-state index contributed by atoms with van der Waals surface area (Å²) >= 11 is 6.52. The molecule has 16 heavy (non-hydrogen) atoms. The van der Waals surface area contributed by atoms with Gasteiger partial charge in [-0.05, 0) is 24.4 Å². The first kappa shape index (κ1) is 11.2. The van der Waals surface area contributed by atoms with Crippen LogP contribution in [0.15, 0.2) is 34.2 Å². The quantitative estimate of drug-likeness (QED) is 0.483. The van der Waals surface area contributed by atoms with Crippen LogP contribution in [0.25, 0.3) is 0 Å². The van der Waals surface area contributed by atoms with Gasteiger partial charge in [-0.15, -0.1) is 11.8 Å². The van der Waals surface area contributed by atoms with Crippen molar-refractivity contribution in [1.29, 1.82) is 0 Å². The fraction of sp³-hybridized carbons (Fsp3) is 0.200. The van der Waals surface area contributed by atoms with Crippen LogP contribution < -0.4 is 16.6 Å². The molecule has 0 aliphatic carbocycles. The maximum absolute atomic E-state index is 5.34. The van der Waals surface area contributed by atoms with Crippen LogP contribution in [0.3, 0.4) is 0 Å². The molecule has 1 aliphatic rings. The molecule has 6 heteroatoms. The third-order valence-electron chi connectivity index (χ3n) is 2.05. The van der Waals surface area contributed by atoms with Crippen LogP contribution in [-0.2, 0) is 0 Å². The summed E-state index contributed by atoms with van der Waals surface area (Å²) in [6.45, 7) is 0. The first-order valence-corrected chi connectivity index (χ1v) is 6.26. The SMILES string of the molecule is NC(=S)NNC1=Nc2ccccc2SCC1. The standard InChI is InChI=1S/C10H12N4S2/c11-10(15)14-13-9-5-6-16-8-4-2-1-3-7(8)12-9/h1-4H,5-6H2,(H,12,13)(H3,11,14,15). The summed E-state index contributed by atoms with van der Waals surface area (Å²) in [6.07, 6.45) is 0.856. The predicted octanol–water partition coefficient (Wildman–Crippen LogP) is 1.55. The lowest BCUT2D eigenvalue weighted by Crippen LogP contribution is -2.44. The fourth-order valence-corrected chi connectivity index (χ4v) is 2.36. The summed E-state index contributed by atoms with van der Waals surface area (Å²) in [6, 6.07) is 8.07. The minimum Gasteiger partial charge on any atom is -0.375 e. The lowest BCUT2D eigenvalue weighted by atomic mass is 10.3. The molecule has 1 aliphatic heterocycles. The molecular weight excluding hydrogens is 240 g/mol. The fourth-order valence-electron chi connectivity index (χ4n) is 1.35. The lowest BCUT2D eigenvalue weighted by Gasteiger charge is -2.08. The van der Waals surface area contributed by atoms with Crippen molar-refractivity contribution in [3.05, 3.63) is 24.3 Å². The highest BCUT2D eigenvalue weighted by Gasteiger charge is 2.09. The summed E-state index contributed by atoms with van der Waals surface area (Å²) in [5.74, 6) is 1.84. The summed E-state index contributed by atoms with van der Waals surface area (Å²) < 4.78 is 0. The van der Waals surface area contributed by atoms with Gasteiger partial charge in [-0.2, -0.15) is 0 Å². The van der Waals surface area contributed by atoms with Gasteiger partial charge in [0.1, 0.15) is 5.84 Å². The molecule has 84 valence electrons. The van der Waals surface area contributed by atoms with Crippen molar-refractivity contribution in [2.45, 2.75) is 11.3 Å². The summed E-state index contributed by atoms with van der Waals surface area (Å²) in [5, 5.41) is 0.216. The second-order valence-corrected chi connectivity index (χ2v) is 4.82. The zero-order valence-corrected chi connectivity index (χ0v) is 10.2. The third-order valence-corrected chi connectivity index (χ3v) is 3.21. The van der Waals surface area contributed by atoms with Gasteiger partial charge in [0.05, 0.1) is 5.69 Å². The zero-order chi connectivity index (χ0) is 11.4. The van der Waals surface area contributed by atoms with Gasteiger partial charge in [-0.25, -0.2) is 4.99 Å². The zero-order valence-electron chi connectivity index (χ0n) is 8.56. The Bertz CT molecular complexity index is 431. The minimum absolute atomic E-state index is 0.216. The Balaban J connectivity index is 2.16. The average molecular weight is 252 g/mol. The molecule has 0 spiro atoms. The molecule has 0 saturated heterocycles. The van der Waals surface area contributed by atoms with E-state index < -0.39 is 0 Å². The Morgan fingerprint density at radius 2 is 2.25 bits per heavy atom. The smallest absolute Gasteiger partial charge is 0.182 e. The Morgan fingerprint density at radius 3 is 3.06 bits per heavy atom. The molecule has 4 N–H and O–H groups in total. The number of nitrogens with two attached hydrogens (primary N) is 1. The lowest BCUT2D eigenvalue weighted by molar-refractivity contribution is 0.848. The van der Waals surface area contributed by atoms with Gasteiger partial charge >= 0.3 is 0 Å². The summed E-state index contributed by atoms with van der Waals surface area (Å²) in [7, 11) is 0. The number of amidine groups is 1. The van der Waals surface area contributed by atoms with Crippen LogP contribution in [-0.4, -0.2) is 16.7 Å². The molecule has 0 saturated carbocycles. The predicted molar refractivity (Wildman–Crippen MR) is 71.9 cm³/mol. The number of rotatable bonds is 0. The molecule has 0 bridgehead atoms. The largest absolute Gasteiger partial charge is 0.375 e. The first-order chi connectivity index (χ1) is 7.75. The minimum atomic E-state index is 0.216. The van der Waals surface area contributed by atoms with Crippen molar-refractivity contribution in [3.8, 4) is 0 Å². The molecule has 4 nitrogen and oxygen atoms in total. The summed E-state index contributed by atoms with van der Waals surface area (Å²) in [4.78, 5) is 5.72. The highest BCUT2D eigenvalue weighted by atomic mass is 32.2. The Labute approximate surface area is 104 Å². The number of hydrogen-bond acceptors (Lipinski definition) is 4. The van der Waals surface area contributed by atoms with E-state index in [9.17, 15) is 0 Å². The normalized spacial score (nSPS) is 14.4. The second kappa shape index (κ2) is 5.18. The first-order valence-electron chi connectivity index (χ1n) is 4.86. The van der Waals surface area contributed by atoms with E-state index in [0.717, 1.165) is 23.7 Å². The molecule has 1 heterocycles. The average Bonchev–Trinajstić information content (AvgIpc) is 2.47. The van der Waals surface area contributed by atoms with Crippen LogP contribution in [0, 0.1) is 0 Å². The Hall–Kier alpha value is -1.27. The van der Waals surface area contributed by atoms with Gasteiger partial charge < -0.3 is 5.73 Å². The summed E-state index contributed by atoms with van der Waals surface area (Å²) in [5.41, 5.74) is 11.9. The molecule has 1 aromatic rings. The van der Waals surface area contributed by atoms with E-state index in [2.05, 4.69) is 21.9 Å². The second-order valence-electron chi connectivity index (χ2n) is 3.24. The van der Waals surface area contributed by atoms with Crippen molar-refractivity contribution >= 4 is 40.6 Å². The van der Waals surface area contributed by atoms with Gasteiger partial charge in [0.15, 0.2) is 5.11 Å². The molecule has 0 amide bonds. The van der Waals surface area contributed by atoms with Crippen molar-refractivity contribution in [2.24, 2.45) is 10.7 Å². The number of benzene rings is 1. The molecule has 0 radical (unpaired) electrons. The molecule has 0 unspecified atom stereocenters. The number of nitrogens with zero attached hydrogens (tertiary/aromatic N) is 1. The van der Waals surface area contributed by atoms with Crippen LogP contribution in [0.4, 0.5) is 5.69 Å². The van der Waals surface area contributed by atoms with Crippen LogP contribution in [0.2, 0.25) is 0 Å². The highest BCUT2D eigenvalue weighted by Crippen LogP contribution is 2.32. The molecular formula is C10H12N4S2. The number of thiocarbonyl (C=S) groups is 1. The topological polar surface area (TPSA) is 62.4 Å². The number of para-hydroxylation sites is 1. The van der Waals surface area contributed by atoms with Crippen LogP contribution in [0.1, 0.15) is 6.42 Å². The van der Waals surface area contributed by atoms with Crippen molar-refractivity contribution in [2.75, 3.05) is 5.75 Å². The maximum atomic E-state index is 5.34. The number of thioether (sulfide) groups is 1. The van der Waals surface area contributed by atoms with Gasteiger partial charge in [0, 0.05) is 17.1 Å². The highest BCUT2D eigenvalue weighted by molar-refractivity contribution is 7.99.